The predicted molar refractivity (Wildman–Crippen MR) is 145 cm³/mol. The highest BCUT2D eigenvalue weighted by atomic mass is 19.4. The Morgan fingerprint density at radius 1 is 0.800 bits per heavy atom. The number of nitrogens with zero attached hydrogens (tertiary/aromatic N) is 2. The number of anilines is 2. The van der Waals surface area contributed by atoms with Gasteiger partial charge in [-0.1, -0.05) is 36.4 Å². The molecule has 1 fully saturated rings. The van der Waals surface area contributed by atoms with Gasteiger partial charge in [-0.25, -0.2) is 4.98 Å². The Balaban J connectivity index is 1.58. The van der Waals surface area contributed by atoms with E-state index >= 15 is 0 Å². The third-order valence-corrected chi connectivity index (χ3v) is 7.73. The molecule has 0 bridgehead atoms. The van der Waals surface area contributed by atoms with Crippen LogP contribution < -0.4 is 5.32 Å². The third kappa shape index (κ3) is 6.09. The van der Waals surface area contributed by atoms with E-state index in [0.29, 0.717) is 40.7 Å². The van der Waals surface area contributed by atoms with Crippen molar-refractivity contribution in [2.75, 3.05) is 32.5 Å². The monoisotopic (exact) mass is 558 g/mol. The Hall–Kier alpha value is -3.59. The van der Waals surface area contributed by atoms with Gasteiger partial charge in [0.15, 0.2) is 0 Å². The van der Waals surface area contributed by atoms with E-state index in [-0.39, 0.29) is 5.69 Å². The second-order valence-electron chi connectivity index (χ2n) is 11.1. The molecule has 2 heterocycles. The maximum atomic E-state index is 13.9. The Kier molecular flexibility index (Phi) is 7.29. The number of benzene rings is 3. The summed E-state index contributed by atoms with van der Waals surface area (Å²) >= 11 is 0. The number of hydrogen-bond donors (Lipinski definition) is 1. The summed E-state index contributed by atoms with van der Waals surface area (Å²) in [6.45, 7) is 2.19. The van der Waals surface area contributed by atoms with Crippen molar-refractivity contribution >= 4 is 22.3 Å². The topological polar surface area (TPSA) is 24.9 Å². The number of fused-ring (bicyclic) bond motifs is 1. The molecule has 0 amide bonds. The van der Waals surface area contributed by atoms with Crippen LogP contribution in [0.5, 0.6) is 0 Å². The molecule has 1 aliphatic heterocycles. The van der Waals surface area contributed by atoms with E-state index in [1.54, 1.807) is 24.3 Å². The molecule has 0 saturated carbocycles. The van der Waals surface area contributed by atoms with Crippen molar-refractivity contribution in [2.45, 2.75) is 31.6 Å². The van der Waals surface area contributed by atoms with Crippen molar-refractivity contribution in [2.24, 2.45) is 5.92 Å². The maximum Gasteiger partial charge on any atom is 0.417 e. The number of rotatable bonds is 5. The minimum Gasteiger partial charge on any atom is -0.355 e. The number of para-hydroxylation sites is 2. The van der Waals surface area contributed by atoms with Gasteiger partial charge in [0.05, 0.1) is 55.2 Å². The van der Waals surface area contributed by atoms with Crippen LogP contribution in [-0.2, 0) is 18.8 Å². The maximum absolute atomic E-state index is 13.9. The first-order chi connectivity index (χ1) is 18.8. The summed E-state index contributed by atoms with van der Waals surface area (Å²) in [7, 11) is 4.46. The summed E-state index contributed by atoms with van der Waals surface area (Å²) in [6.07, 6.45) is -6.62. The number of alkyl halides is 6. The Labute approximate surface area is 229 Å². The van der Waals surface area contributed by atoms with E-state index in [1.807, 2.05) is 24.3 Å². The fraction of sp³-hybridized carbons (Fsp3) is 0.323. The summed E-state index contributed by atoms with van der Waals surface area (Å²) in [5, 5.41) is 4.04. The van der Waals surface area contributed by atoms with Crippen LogP contribution in [0, 0.1) is 5.92 Å². The largest absolute Gasteiger partial charge is 0.417 e. The van der Waals surface area contributed by atoms with E-state index in [4.69, 9.17) is 0 Å². The van der Waals surface area contributed by atoms with Crippen LogP contribution in [0.1, 0.15) is 29.5 Å². The Morgan fingerprint density at radius 3 is 2.17 bits per heavy atom. The minimum atomic E-state index is -4.86. The third-order valence-electron chi connectivity index (χ3n) is 7.73. The molecule has 3 aromatic carbocycles. The van der Waals surface area contributed by atoms with Crippen LogP contribution in [0.3, 0.4) is 0 Å². The lowest BCUT2D eigenvalue weighted by Crippen LogP contribution is -2.46. The van der Waals surface area contributed by atoms with Gasteiger partial charge in [-0.3, -0.25) is 0 Å². The van der Waals surface area contributed by atoms with Gasteiger partial charge in [0.25, 0.3) is 0 Å². The first kappa shape index (κ1) is 28.0. The Bertz CT molecular complexity index is 1510. The number of nitrogens with one attached hydrogen (secondary N) is 1. The van der Waals surface area contributed by atoms with Gasteiger partial charge in [-0.15, -0.1) is 0 Å². The molecule has 1 aromatic heterocycles. The quantitative estimate of drug-likeness (QED) is 0.196. The summed E-state index contributed by atoms with van der Waals surface area (Å²) < 4.78 is 83.2. The van der Waals surface area contributed by atoms with Crippen molar-refractivity contribution in [3.8, 4) is 11.3 Å². The Morgan fingerprint density at radius 2 is 1.48 bits per heavy atom. The fourth-order valence-electron chi connectivity index (χ4n) is 5.40. The standard InChI is InChI=1S/C31H30F6N3/c1-40(2)15-13-20(14-16-40)17-21-7-3-5-9-26(21)38-28-19-29(39-27-10-6-4-8-23(27)28)24-18-22(30(32,33)34)11-12-25(24)31(35,36)37/h3-12,18-20H,13-17H2,1-2H3,(H,38,39)/q+1. The van der Waals surface area contributed by atoms with Gasteiger partial charge < -0.3 is 9.80 Å². The van der Waals surface area contributed by atoms with E-state index < -0.39 is 29.0 Å². The van der Waals surface area contributed by atoms with Crippen molar-refractivity contribution in [3.63, 3.8) is 0 Å². The molecule has 0 unspecified atom stereocenters. The van der Waals surface area contributed by atoms with Crippen LogP contribution >= 0.6 is 0 Å². The normalized spacial score (nSPS) is 16.3. The summed E-state index contributed by atoms with van der Waals surface area (Å²) in [4.78, 5) is 4.37. The molecule has 0 aliphatic carbocycles. The molecule has 0 atom stereocenters. The first-order valence-corrected chi connectivity index (χ1v) is 13.2. The van der Waals surface area contributed by atoms with Crippen LogP contribution in [-0.4, -0.2) is 36.7 Å². The van der Waals surface area contributed by atoms with E-state index in [0.717, 1.165) is 48.1 Å². The van der Waals surface area contributed by atoms with Crippen molar-refractivity contribution in [3.05, 3.63) is 89.5 Å². The molecule has 1 aliphatic rings. The molecule has 210 valence electrons. The van der Waals surface area contributed by atoms with Crippen LogP contribution in [0.2, 0.25) is 0 Å². The van der Waals surface area contributed by atoms with Crippen molar-refractivity contribution in [1.29, 1.82) is 0 Å². The van der Waals surface area contributed by atoms with Gasteiger partial charge in [-0.05, 0) is 67.1 Å². The molecule has 1 N–H and O–H groups in total. The number of likely N-dealkylation sites (tertiary alicyclic amines) is 1. The molecule has 5 rings (SSSR count). The molecule has 4 aromatic rings. The SMILES string of the molecule is C[N+]1(C)CCC(Cc2ccccc2Nc2cc(-c3cc(C(F)(F)F)ccc3C(F)(F)F)nc3ccccc23)CC1. The molecule has 0 spiro atoms. The second-order valence-corrected chi connectivity index (χ2v) is 11.1. The predicted octanol–water partition coefficient (Wildman–Crippen LogP) is 8.71. The molecule has 0 radical (unpaired) electrons. The van der Waals surface area contributed by atoms with Crippen LogP contribution in [0.15, 0.2) is 72.8 Å². The van der Waals surface area contributed by atoms with Crippen LogP contribution in [0.4, 0.5) is 37.7 Å². The average Bonchev–Trinajstić information content (AvgIpc) is 2.89. The van der Waals surface area contributed by atoms with E-state index in [1.165, 1.54) is 6.07 Å². The molecular formula is C31H30F6N3+. The minimum absolute atomic E-state index is 0.190. The first-order valence-electron chi connectivity index (χ1n) is 13.2. The highest BCUT2D eigenvalue weighted by molar-refractivity contribution is 5.96. The lowest BCUT2D eigenvalue weighted by molar-refractivity contribution is -0.896. The number of quaternary nitrogens is 1. The van der Waals surface area contributed by atoms with Crippen molar-refractivity contribution in [1.82, 2.24) is 4.98 Å². The summed E-state index contributed by atoms with van der Waals surface area (Å²) in [5.41, 5.74) is -0.413. The van der Waals surface area contributed by atoms with Gasteiger partial charge in [-0.2, -0.15) is 26.3 Å². The zero-order chi connectivity index (χ0) is 28.7. The number of aromatic nitrogens is 1. The van der Waals surface area contributed by atoms with Gasteiger partial charge >= 0.3 is 12.4 Å². The summed E-state index contributed by atoms with van der Waals surface area (Å²) in [6, 6.07) is 17.6. The molecule has 9 heteroatoms. The lowest BCUT2D eigenvalue weighted by atomic mass is 9.89. The highest BCUT2D eigenvalue weighted by Crippen LogP contribution is 2.42. The summed E-state index contributed by atoms with van der Waals surface area (Å²) in [5.74, 6) is 0.512. The van der Waals surface area contributed by atoms with E-state index in [9.17, 15) is 26.3 Å². The molecule has 3 nitrogen and oxygen atoms in total. The fourth-order valence-corrected chi connectivity index (χ4v) is 5.40. The second kappa shape index (κ2) is 10.4. The van der Waals surface area contributed by atoms with Gasteiger partial charge in [0, 0.05) is 16.6 Å². The molecule has 1 saturated heterocycles. The lowest BCUT2D eigenvalue weighted by Gasteiger charge is -2.37. The highest BCUT2D eigenvalue weighted by Gasteiger charge is 2.38. The van der Waals surface area contributed by atoms with E-state index in [2.05, 4.69) is 24.4 Å². The average molecular weight is 559 g/mol. The smallest absolute Gasteiger partial charge is 0.355 e. The zero-order valence-corrected chi connectivity index (χ0v) is 22.2. The number of hydrogen-bond acceptors (Lipinski definition) is 2. The number of halogens is 6. The molecule has 40 heavy (non-hydrogen) atoms. The number of pyridine rings is 1. The number of piperidine rings is 1. The van der Waals surface area contributed by atoms with Crippen LogP contribution in [0.25, 0.3) is 22.2 Å². The van der Waals surface area contributed by atoms with Gasteiger partial charge in [0.2, 0.25) is 0 Å². The van der Waals surface area contributed by atoms with Gasteiger partial charge in [0.1, 0.15) is 0 Å². The van der Waals surface area contributed by atoms with Crippen molar-refractivity contribution < 1.29 is 30.8 Å². The molecular weight excluding hydrogens is 528 g/mol. The zero-order valence-electron chi connectivity index (χ0n) is 22.2.